The van der Waals surface area contributed by atoms with E-state index in [0.29, 0.717) is 18.0 Å². The van der Waals surface area contributed by atoms with Crippen LogP contribution >= 0.6 is 0 Å². The van der Waals surface area contributed by atoms with Crippen LogP contribution in [-0.2, 0) is 16.6 Å². The fraction of sp³-hybridized carbons (Fsp3) is 0.273. The normalized spacial score (nSPS) is 16.6. The number of piperazine rings is 1. The Balaban J connectivity index is 1.46. The highest BCUT2D eigenvalue weighted by atomic mass is 32.2. The molecule has 0 unspecified atom stereocenters. The van der Waals surface area contributed by atoms with Crippen molar-refractivity contribution in [3.8, 4) is 0 Å². The first-order valence-electron chi connectivity index (χ1n) is 9.40. The van der Waals surface area contributed by atoms with Crippen LogP contribution in [0, 0.1) is 6.92 Å². The Morgan fingerprint density at radius 1 is 0.889 bits per heavy atom. The monoisotopic (exact) mass is 381 g/mol. The van der Waals surface area contributed by atoms with E-state index in [2.05, 4.69) is 31.2 Å². The van der Waals surface area contributed by atoms with Gasteiger partial charge in [-0.15, -0.1) is 0 Å². The minimum Gasteiger partial charge on any atom is -0.329 e. The van der Waals surface area contributed by atoms with Crippen molar-refractivity contribution in [3.05, 3.63) is 77.9 Å². The Morgan fingerprint density at radius 3 is 2.37 bits per heavy atom. The molecule has 0 bridgehead atoms. The summed E-state index contributed by atoms with van der Waals surface area (Å²) < 4.78 is 27.8. The highest BCUT2D eigenvalue weighted by Crippen LogP contribution is 2.22. The molecule has 140 valence electrons. The molecule has 0 atom stereocenters. The van der Waals surface area contributed by atoms with E-state index in [1.54, 1.807) is 16.4 Å². The highest BCUT2D eigenvalue weighted by Gasteiger charge is 2.30. The van der Waals surface area contributed by atoms with Gasteiger partial charge in [0, 0.05) is 5.56 Å². The van der Waals surface area contributed by atoms with E-state index in [1.807, 2.05) is 30.3 Å². The van der Waals surface area contributed by atoms with Crippen molar-refractivity contribution < 1.29 is 13.3 Å². The minimum absolute atomic E-state index is 0.392. The zero-order valence-electron chi connectivity index (χ0n) is 15.6. The maximum absolute atomic E-state index is 13.1. The predicted molar refractivity (Wildman–Crippen MR) is 108 cm³/mol. The zero-order valence-corrected chi connectivity index (χ0v) is 16.4. The van der Waals surface area contributed by atoms with E-state index < -0.39 is 10.0 Å². The quantitative estimate of drug-likeness (QED) is 0.753. The Bertz CT molecular complexity index is 1050. The summed E-state index contributed by atoms with van der Waals surface area (Å²) in [6.07, 6.45) is 0. The zero-order chi connectivity index (χ0) is 18.9. The lowest BCUT2D eigenvalue weighted by molar-refractivity contribution is -0.917. The second-order valence-corrected chi connectivity index (χ2v) is 9.27. The van der Waals surface area contributed by atoms with Crippen LogP contribution in [0.1, 0.15) is 11.1 Å². The molecule has 1 heterocycles. The van der Waals surface area contributed by atoms with Gasteiger partial charge in [-0.1, -0.05) is 60.2 Å². The molecule has 0 spiro atoms. The van der Waals surface area contributed by atoms with Crippen molar-refractivity contribution in [2.75, 3.05) is 26.2 Å². The van der Waals surface area contributed by atoms with Crippen molar-refractivity contribution in [1.29, 1.82) is 0 Å². The molecular formula is C22H25N2O2S+. The van der Waals surface area contributed by atoms with Gasteiger partial charge in [-0.05, 0) is 29.8 Å². The summed E-state index contributed by atoms with van der Waals surface area (Å²) in [6.45, 7) is 5.85. The number of nitrogens with zero attached hydrogens (tertiary/aromatic N) is 1. The third-order valence-corrected chi connectivity index (χ3v) is 7.22. The second kappa shape index (κ2) is 7.43. The molecule has 0 saturated carbocycles. The van der Waals surface area contributed by atoms with Crippen LogP contribution in [0.2, 0.25) is 0 Å². The summed E-state index contributed by atoms with van der Waals surface area (Å²) >= 11 is 0. The van der Waals surface area contributed by atoms with E-state index in [4.69, 9.17) is 0 Å². The second-order valence-electron chi connectivity index (χ2n) is 7.33. The number of sulfonamides is 1. The molecule has 3 aromatic carbocycles. The molecule has 1 fully saturated rings. The molecule has 0 radical (unpaired) electrons. The van der Waals surface area contributed by atoms with Gasteiger partial charge in [0.2, 0.25) is 10.0 Å². The average Bonchev–Trinajstić information content (AvgIpc) is 2.68. The van der Waals surface area contributed by atoms with Gasteiger partial charge in [0.05, 0.1) is 31.1 Å². The third kappa shape index (κ3) is 3.90. The highest BCUT2D eigenvalue weighted by molar-refractivity contribution is 7.89. The van der Waals surface area contributed by atoms with E-state index >= 15 is 0 Å². The number of fused-ring (bicyclic) bond motifs is 1. The molecule has 0 aliphatic carbocycles. The van der Waals surface area contributed by atoms with Crippen LogP contribution in [0.5, 0.6) is 0 Å². The number of rotatable bonds is 4. The number of benzene rings is 3. The maximum atomic E-state index is 13.1. The van der Waals surface area contributed by atoms with E-state index in [-0.39, 0.29) is 0 Å². The smallest absolute Gasteiger partial charge is 0.243 e. The Hall–Kier alpha value is -2.21. The summed E-state index contributed by atoms with van der Waals surface area (Å²) in [6, 6.07) is 21.8. The summed E-state index contributed by atoms with van der Waals surface area (Å²) in [4.78, 5) is 1.83. The lowest BCUT2D eigenvalue weighted by atomic mass is 10.1. The van der Waals surface area contributed by atoms with Crippen molar-refractivity contribution in [2.24, 2.45) is 0 Å². The lowest BCUT2D eigenvalue weighted by Crippen LogP contribution is -3.13. The maximum Gasteiger partial charge on any atom is 0.243 e. The molecule has 0 amide bonds. The number of hydrogen-bond acceptors (Lipinski definition) is 2. The molecule has 0 aromatic heterocycles. The summed E-state index contributed by atoms with van der Waals surface area (Å²) in [5.41, 5.74) is 2.58. The molecular weight excluding hydrogens is 356 g/mol. The standard InChI is InChI=1S/C22H24N2O2S/c1-18-5-4-6-19(15-18)17-23-11-13-24(14-12-23)27(25,26)22-10-9-20-7-2-3-8-21(20)16-22/h2-10,15-16H,11-14,17H2,1H3/p+1. The molecule has 4 rings (SSSR count). The molecule has 4 nitrogen and oxygen atoms in total. The van der Waals surface area contributed by atoms with E-state index in [1.165, 1.54) is 16.0 Å². The molecule has 1 N–H and O–H groups in total. The number of aryl methyl sites for hydroxylation is 1. The van der Waals surface area contributed by atoms with Gasteiger partial charge in [-0.25, -0.2) is 8.42 Å². The molecule has 1 saturated heterocycles. The lowest BCUT2D eigenvalue weighted by Gasteiger charge is -2.31. The van der Waals surface area contributed by atoms with Crippen LogP contribution in [0.3, 0.4) is 0 Å². The average molecular weight is 382 g/mol. The van der Waals surface area contributed by atoms with Crippen LogP contribution in [0.15, 0.2) is 71.6 Å². The predicted octanol–water partition coefficient (Wildman–Crippen LogP) is 2.24. The third-order valence-electron chi connectivity index (χ3n) is 5.32. The van der Waals surface area contributed by atoms with Crippen LogP contribution in [0.4, 0.5) is 0 Å². The first kappa shape index (κ1) is 18.2. The van der Waals surface area contributed by atoms with Crippen LogP contribution in [-0.4, -0.2) is 38.9 Å². The topological polar surface area (TPSA) is 41.8 Å². The van der Waals surface area contributed by atoms with Crippen molar-refractivity contribution in [1.82, 2.24) is 4.31 Å². The number of quaternary nitrogens is 1. The van der Waals surface area contributed by atoms with Gasteiger partial charge in [0.25, 0.3) is 0 Å². The Morgan fingerprint density at radius 2 is 1.63 bits per heavy atom. The van der Waals surface area contributed by atoms with Gasteiger partial charge < -0.3 is 4.90 Å². The molecule has 1 aliphatic rings. The SMILES string of the molecule is Cc1cccc(C[NH+]2CCN(S(=O)(=O)c3ccc4ccccc4c3)CC2)c1. The van der Waals surface area contributed by atoms with Gasteiger partial charge in [0.1, 0.15) is 6.54 Å². The van der Waals surface area contributed by atoms with Crippen molar-refractivity contribution >= 4 is 20.8 Å². The van der Waals surface area contributed by atoms with Gasteiger partial charge in [-0.3, -0.25) is 0 Å². The van der Waals surface area contributed by atoms with Crippen molar-refractivity contribution in [3.63, 3.8) is 0 Å². The number of nitrogens with one attached hydrogen (secondary N) is 1. The van der Waals surface area contributed by atoms with Gasteiger partial charge >= 0.3 is 0 Å². The molecule has 27 heavy (non-hydrogen) atoms. The molecule has 3 aromatic rings. The van der Waals surface area contributed by atoms with E-state index in [0.717, 1.165) is 30.4 Å². The largest absolute Gasteiger partial charge is 0.329 e. The van der Waals surface area contributed by atoms with Crippen LogP contribution < -0.4 is 4.90 Å². The number of hydrogen-bond donors (Lipinski definition) is 1. The fourth-order valence-electron chi connectivity index (χ4n) is 3.81. The fourth-order valence-corrected chi connectivity index (χ4v) is 5.28. The first-order valence-corrected chi connectivity index (χ1v) is 10.8. The van der Waals surface area contributed by atoms with Gasteiger partial charge in [-0.2, -0.15) is 4.31 Å². The Kier molecular flexibility index (Phi) is 5.00. The first-order chi connectivity index (χ1) is 13.0. The summed E-state index contributed by atoms with van der Waals surface area (Å²) in [5, 5.41) is 2.02. The summed E-state index contributed by atoms with van der Waals surface area (Å²) in [7, 11) is -3.44. The molecule has 1 aliphatic heterocycles. The summed E-state index contributed by atoms with van der Waals surface area (Å²) in [5.74, 6) is 0. The van der Waals surface area contributed by atoms with Crippen molar-refractivity contribution in [2.45, 2.75) is 18.4 Å². The van der Waals surface area contributed by atoms with Crippen LogP contribution in [0.25, 0.3) is 10.8 Å². The minimum atomic E-state index is -3.44. The van der Waals surface area contributed by atoms with E-state index in [9.17, 15) is 8.42 Å². The molecule has 5 heteroatoms. The van der Waals surface area contributed by atoms with Gasteiger partial charge in [0.15, 0.2) is 0 Å². The Labute approximate surface area is 161 Å².